The molecular weight excluding hydrogens is 392 g/mol. The molecule has 0 saturated heterocycles. The minimum absolute atomic E-state index is 0.0805. The van der Waals surface area contributed by atoms with Gasteiger partial charge in [-0.25, -0.2) is 8.42 Å². The van der Waals surface area contributed by atoms with Crippen molar-refractivity contribution in [3.63, 3.8) is 0 Å². The number of carbonyl (C=O) groups is 1. The van der Waals surface area contributed by atoms with Gasteiger partial charge in [-0.1, -0.05) is 13.3 Å². The van der Waals surface area contributed by atoms with Crippen molar-refractivity contribution in [3.8, 4) is 11.5 Å². The Balaban J connectivity index is 1.70. The Bertz CT molecular complexity index is 958. The quantitative estimate of drug-likeness (QED) is 0.717. The number of anilines is 1. The largest absolute Gasteiger partial charge is 0.490 e. The second-order valence-electron chi connectivity index (χ2n) is 7.01. The Morgan fingerprint density at radius 2 is 1.76 bits per heavy atom. The first-order valence-corrected chi connectivity index (χ1v) is 11.2. The summed E-state index contributed by atoms with van der Waals surface area (Å²) in [6.07, 6.45) is 2.63. The average molecular weight is 419 g/mol. The van der Waals surface area contributed by atoms with Crippen molar-refractivity contribution in [1.29, 1.82) is 0 Å². The van der Waals surface area contributed by atoms with E-state index >= 15 is 0 Å². The van der Waals surface area contributed by atoms with Gasteiger partial charge in [0.1, 0.15) is 0 Å². The molecule has 2 aromatic rings. The van der Waals surface area contributed by atoms with E-state index in [-0.39, 0.29) is 16.8 Å². The Hall–Kier alpha value is -2.74. The van der Waals surface area contributed by atoms with Crippen LogP contribution in [0, 0.1) is 0 Å². The van der Waals surface area contributed by atoms with Crippen molar-refractivity contribution < 1.29 is 22.7 Å². The standard InChI is InChI=1S/C21H26N2O5S/c1-3-5-15(2)22-21(24)16-6-8-17(9-7-16)23-29(25,26)18-10-11-19-20(14-18)28-13-4-12-27-19/h6-11,14-15,23H,3-5,12-13H2,1-2H3,(H,22,24). The van der Waals surface area contributed by atoms with Gasteiger partial charge in [-0.05, 0) is 49.7 Å². The van der Waals surface area contributed by atoms with E-state index in [4.69, 9.17) is 9.47 Å². The van der Waals surface area contributed by atoms with Gasteiger partial charge in [0.25, 0.3) is 15.9 Å². The molecule has 0 aliphatic carbocycles. The molecule has 0 spiro atoms. The number of fused-ring (bicyclic) bond motifs is 1. The van der Waals surface area contributed by atoms with Crippen LogP contribution in [0.5, 0.6) is 11.5 Å². The summed E-state index contributed by atoms with van der Waals surface area (Å²) in [5, 5.41) is 2.92. The van der Waals surface area contributed by atoms with Crippen LogP contribution in [0.1, 0.15) is 43.5 Å². The third kappa shape index (κ3) is 5.41. The van der Waals surface area contributed by atoms with Crippen LogP contribution < -0.4 is 19.5 Å². The molecule has 0 radical (unpaired) electrons. The molecule has 156 valence electrons. The summed E-state index contributed by atoms with van der Waals surface area (Å²) >= 11 is 0. The Morgan fingerprint density at radius 1 is 1.07 bits per heavy atom. The van der Waals surface area contributed by atoms with Crippen LogP contribution in [-0.4, -0.2) is 33.6 Å². The lowest BCUT2D eigenvalue weighted by molar-refractivity contribution is 0.0938. The molecule has 1 atom stereocenters. The number of hydrogen-bond acceptors (Lipinski definition) is 5. The van der Waals surface area contributed by atoms with Crippen LogP contribution in [0.4, 0.5) is 5.69 Å². The summed E-state index contributed by atoms with van der Waals surface area (Å²) in [6.45, 7) is 5.03. The van der Waals surface area contributed by atoms with Crippen molar-refractivity contribution in [1.82, 2.24) is 5.32 Å². The molecule has 1 unspecified atom stereocenters. The number of hydrogen-bond donors (Lipinski definition) is 2. The van der Waals surface area contributed by atoms with Crippen LogP contribution in [0.25, 0.3) is 0 Å². The van der Waals surface area contributed by atoms with Crippen LogP contribution in [0.15, 0.2) is 47.4 Å². The molecule has 1 amide bonds. The molecule has 0 bridgehead atoms. The minimum atomic E-state index is -3.80. The number of sulfonamides is 1. The van der Waals surface area contributed by atoms with Crippen LogP contribution in [0.2, 0.25) is 0 Å². The molecule has 8 heteroatoms. The number of nitrogens with one attached hydrogen (secondary N) is 2. The van der Waals surface area contributed by atoms with Gasteiger partial charge in [-0.3, -0.25) is 9.52 Å². The van der Waals surface area contributed by atoms with E-state index in [0.717, 1.165) is 19.3 Å². The predicted molar refractivity (Wildman–Crippen MR) is 111 cm³/mol. The molecule has 29 heavy (non-hydrogen) atoms. The van der Waals surface area contributed by atoms with Crippen molar-refractivity contribution in [2.45, 2.75) is 44.0 Å². The van der Waals surface area contributed by atoms with E-state index < -0.39 is 10.0 Å². The van der Waals surface area contributed by atoms with Gasteiger partial charge in [0.2, 0.25) is 0 Å². The zero-order valence-electron chi connectivity index (χ0n) is 16.6. The molecule has 0 aromatic heterocycles. The van der Waals surface area contributed by atoms with Crippen molar-refractivity contribution in [2.24, 2.45) is 0 Å². The number of carbonyl (C=O) groups excluding carboxylic acids is 1. The first kappa shape index (κ1) is 21.0. The maximum atomic E-state index is 12.7. The summed E-state index contributed by atoms with van der Waals surface area (Å²) < 4.78 is 39.1. The maximum absolute atomic E-state index is 12.7. The summed E-state index contributed by atoms with van der Waals surface area (Å²) in [6, 6.07) is 11.0. The molecular formula is C21H26N2O5S. The summed E-state index contributed by atoms with van der Waals surface area (Å²) in [4.78, 5) is 12.3. The Kier molecular flexibility index (Phi) is 6.64. The summed E-state index contributed by atoms with van der Waals surface area (Å²) in [5.74, 6) is 0.774. The van der Waals surface area contributed by atoms with Crippen LogP contribution in [0.3, 0.4) is 0 Å². The molecule has 0 fully saturated rings. The van der Waals surface area contributed by atoms with E-state index in [9.17, 15) is 13.2 Å². The van der Waals surface area contributed by atoms with E-state index in [1.807, 2.05) is 6.92 Å². The second-order valence-corrected chi connectivity index (χ2v) is 8.69. The SMILES string of the molecule is CCCC(C)NC(=O)c1ccc(NS(=O)(=O)c2ccc3c(c2)OCCCO3)cc1. The lowest BCUT2D eigenvalue weighted by Gasteiger charge is -2.13. The monoisotopic (exact) mass is 418 g/mol. The fraction of sp³-hybridized carbons (Fsp3) is 0.381. The molecule has 1 aliphatic heterocycles. The number of rotatable bonds is 7. The molecule has 0 saturated carbocycles. The highest BCUT2D eigenvalue weighted by Crippen LogP contribution is 2.32. The van der Waals surface area contributed by atoms with E-state index in [1.54, 1.807) is 30.3 Å². The van der Waals surface area contributed by atoms with Gasteiger partial charge in [-0.2, -0.15) is 0 Å². The van der Waals surface area contributed by atoms with Gasteiger partial charge in [0, 0.05) is 29.8 Å². The summed E-state index contributed by atoms with van der Waals surface area (Å²) in [5.41, 5.74) is 0.849. The van der Waals surface area contributed by atoms with Crippen LogP contribution >= 0.6 is 0 Å². The van der Waals surface area contributed by atoms with Crippen LogP contribution in [-0.2, 0) is 10.0 Å². The number of ether oxygens (including phenoxy) is 2. The predicted octanol–water partition coefficient (Wildman–Crippen LogP) is 3.57. The molecule has 1 aliphatic rings. The molecule has 2 N–H and O–H groups in total. The smallest absolute Gasteiger partial charge is 0.262 e. The fourth-order valence-corrected chi connectivity index (χ4v) is 4.10. The normalized spacial score (nSPS) is 14.6. The molecule has 2 aromatic carbocycles. The van der Waals surface area contributed by atoms with Gasteiger partial charge in [-0.15, -0.1) is 0 Å². The second kappa shape index (κ2) is 9.17. The average Bonchev–Trinajstić information content (AvgIpc) is 2.93. The first-order chi connectivity index (χ1) is 13.9. The Labute approximate surface area is 171 Å². The minimum Gasteiger partial charge on any atom is -0.490 e. The highest BCUT2D eigenvalue weighted by molar-refractivity contribution is 7.92. The summed E-state index contributed by atoms with van der Waals surface area (Å²) in [7, 11) is -3.80. The maximum Gasteiger partial charge on any atom is 0.262 e. The lowest BCUT2D eigenvalue weighted by Crippen LogP contribution is -2.32. The molecule has 3 rings (SSSR count). The molecule has 7 nitrogen and oxygen atoms in total. The van der Waals surface area contributed by atoms with E-state index in [1.165, 1.54) is 12.1 Å². The van der Waals surface area contributed by atoms with Gasteiger partial charge < -0.3 is 14.8 Å². The van der Waals surface area contributed by atoms with Crippen molar-refractivity contribution in [2.75, 3.05) is 17.9 Å². The number of amides is 1. The fourth-order valence-electron chi connectivity index (χ4n) is 3.03. The number of benzene rings is 2. The lowest BCUT2D eigenvalue weighted by atomic mass is 10.1. The third-order valence-electron chi connectivity index (χ3n) is 4.53. The topological polar surface area (TPSA) is 93.7 Å². The van der Waals surface area contributed by atoms with Gasteiger partial charge >= 0.3 is 0 Å². The van der Waals surface area contributed by atoms with Crippen molar-refractivity contribution >= 4 is 21.6 Å². The van der Waals surface area contributed by atoms with Gasteiger partial charge in [0.05, 0.1) is 18.1 Å². The highest BCUT2D eigenvalue weighted by Gasteiger charge is 2.19. The highest BCUT2D eigenvalue weighted by atomic mass is 32.2. The molecule has 1 heterocycles. The van der Waals surface area contributed by atoms with Crippen molar-refractivity contribution in [3.05, 3.63) is 48.0 Å². The van der Waals surface area contributed by atoms with E-state index in [0.29, 0.717) is 36.0 Å². The Morgan fingerprint density at radius 3 is 2.45 bits per heavy atom. The third-order valence-corrected chi connectivity index (χ3v) is 5.91. The zero-order chi connectivity index (χ0) is 20.9. The first-order valence-electron chi connectivity index (χ1n) is 9.72. The van der Waals surface area contributed by atoms with Gasteiger partial charge in [0.15, 0.2) is 11.5 Å². The zero-order valence-corrected chi connectivity index (χ0v) is 17.4. The van der Waals surface area contributed by atoms with E-state index in [2.05, 4.69) is 17.0 Å².